The van der Waals surface area contributed by atoms with Crippen molar-refractivity contribution in [3.63, 3.8) is 0 Å². The van der Waals surface area contributed by atoms with E-state index in [-0.39, 0.29) is 18.2 Å². The number of aromatic nitrogens is 1. The molecule has 0 fully saturated rings. The van der Waals surface area contributed by atoms with E-state index in [1.165, 1.54) is 7.11 Å². The number of esters is 1. The number of halogens is 2. The van der Waals surface area contributed by atoms with Crippen LogP contribution in [0.3, 0.4) is 0 Å². The second-order valence-electron chi connectivity index (χ2n) is 3.31. The van der Waals surface area contributed by atoms with Gasteiger partial charge < -0.3 is 4.74 Å². The van der Waals surface area contributed by atoms with Crippen molar-refractivity contribution in [2.45, 2.75) is 17.7 Å². The molecule has 0 radical (unpaired) electrons. The van der Waals surface area contributed by atoms with Gasteiger partial charge in [-0.25, -0.2) is 0 Å². The summed E-state index contributed by atoms with van der Waals surface area (Å²) in [5.41, 5.74) is 0.375. The molecule has 1 aromatic rings. The standard InChI is InChI=1S/C11H11Br2NO3/c1-17-10(15)5-3-8(13)11(16)9-4-2-7(12)6-14-9/h2,4,6,8H,3,5H2,1H3. The lowest BCUT2D eigenvalue weighted by Crippen LogP contribution is -2.17. The van der Waals surface area contributed by atoms with E-state index in [1.807, 2.05) is 0 Å². The van der Waals surface area contributed by atoms with Crippen molar-refractivity contribution in [2.24, 2.45) is 0 Å². The first-order valence-electron chi connectivity index (χ1n) is 4.91. The van der Waals surface area contributed by atoms with Gasteiger partial charge in [-0.2, -0.15) is 0 Å². The van der Waals surface area contributed by atoms with Crippen molar-refractivity contribution >= 4 is 43.6 Å². The molecule has 0 aliphatic heterocycles. The van der Waals surface area contributed by atoms with Crippen molar-refractivity contribution < 1.29 is 14.3 Å². The minimum absolute atomic E-state index is 0.138. The van der Waals surface area contributed by atoms with Crippen LogP contribution in [-0.2, 0) is 9.53 Å². The van der Waals surface area contributed by atoms with Gasteiger partial charge in [-0.3, -0.25) is 14.6 Å². The Labute approximate surface area is 116 Å². The fourth-order valence-electron chi connectivity index (χ4n) is 1.16. The molecule has 1 rings (SSSR count). The summed E-state index contributed by atoms with van der Waals surface area (Å²) in [6, 6.07) is 3.39. The van der Waals surface area contributed by atoms with Crippen molar-refractivity contribution in [2.75, 3.05) is 7.11 Å². The highest BCUT2D eigenvalue weighted by Gasteiger charge is 2.19. The zero-order valence-electron chi connectivity index (χ0n) is 9.15. The fraction of sp³-hybridized carbons (Fsp3) is 0.364. The minimum Gasteiger partial charge on any atom is -0.469 e. The summed E-state index contributed by atoms with van der Waals surface area (Å²) >= 11 is 6.49. The van der Waals surface area contributed by atoms with Crippen molar-refractivity contribution in [3.8, 4) is 0 Å². The summed E-state index contributed by atoms with van der Waals surface area (Å²) in [6.45, 7) is 0. The maximum absolute atomic E-state index is 11.9. The highest BCUT2D eigenvalue weighted by molar-refractivity contribution is 9.10. The van der Waals surface area contributed by atoms with E-state index in [0.717, 1.165) is 4.47 Å². The topological polar surface area (TPSA) is 56.3 Å². The molecule has 0 bridgehead atoms. The predicted octanol–water partition coefficient (Wildman–Crippen LogP) is 2.74. The number of alkyl halides is 1. The second-order valence-corrected chi connectivity index (χ2v) is 5.33. The zero-order chi connectivity index (χ0) is 12.8. The van der Waals surface area contributed by atoms with Crippen LogP contribution in [0.5, 0.6) is 0 Å². The molecule has 0 saturated carbocycles. The predicted molar refractivity (Wildman–Crippen MR) is 70.2 cm³/mol. The van der Waals surface area contributed by atoms with Crippen LogP contribution in [0.25, 0.3) is 0 Å². The molecule has 0 aliphatic rings. The molecular formula is C11H11Br2NO3. The molecule has 4 nitrogen and oxygen atoms in total. The van der Waals surface area contributed by atoms with Gasteiger partial charge >= 0.3 is 5.97 Å². The molecule has 0 N–H and O–H groups in total. The number of hydrogen-bond acceptors (Lipinski definition) is 4. The Kier molecular flexibility index (Phi) is 5.77. The quantitative estimate of drug-likeness (QED) is 0.458. The average molecular weight is 365 g/mol. The summed E-state index contributed by atoms with van der Waals surface area (Å²) in [7, 11) is 1.32. The molecule has 1 heterocycles. The van der Waals surface area contributed by atoms with Crippen molar-refractivity contribution in [1.82, 2.24) is 4.98 Å². The molecule has 0 amide bonds. The number of pyridine rings is 1. The molecule has 1 unspecified atom stereocenters. The Morgan fingerprint density at radius 3 is 2.71 bits per heavy atom. The van der Waals surface area contributed by atoms with Crippen LogP contribution in [0.4, 0.5) is 0 Å². The second kappa shape index (κ2) is 6.86. The van der Waals surface area contributed by atoms with E-state index in [4.69, 9.17) is 0 Å². The van der Waals surface area contributed by atoms with Crippen molar-refractivity contribution in [3.05, 3.63) is 28.5 Å². The van der Waals surface area contributed by atoms with E-state index in [2.05, 4.69) is 41.6 Å². The third-order valence-electron chi connectivity index (χ3n) is 2.09. The first kappa shape index (κ1) is 14.3. The van der Waals surface area contributed by atoms with Crippen molar-refractivity contribution in [1.29, 1.82) is 0 Å². The maximum Gasteiger partial charge on any atom is 0.305 e. The van der Waals surface area contributed by atoms with Gasteiger partial charge in [0.2, 0.25) is 0 Å². The SMILES string of the molecule is COC(=O)CCC(Br)C(=O)c1ccc(Br)cn1. The lowest BCUT2D eigenvalue weighted by Gasteiger charge is -2.07. The number of Topliss-reactive ketones (excluding diaryl/α,β-unsaturated/α-hetero) is 1. The van der Waals surface area contributed by atoms with Gasteiger partial charge in [-0.05, 0) is 34.5 Å². The number of rotatable bonds is 5. The fourth-order valence-corrected chi connectivity index (χ4v) is 1.86. The van der Waals surface area contributed by atoms with Crippen LogP contribution in [0.15, 0.2) is 22.8 Å². The van der Waals surface area contributed by atoms with Gasteiger partial charge in [-0.15, -0.1) is 0 Å². The van der Waals surface area contributed by atoms with Gasteiger partial charge in [0.05, 0.1) is 11.9 Å². The Bertz CT molecular complexity index is 406. The molecule has 6 heteroatoms. The van der Waals surface area contributed by atoms with Crippen LogP contribution in [0.1, 0.15) is 23.3 Å². The van der Waals surface area contributed by atoms with Crippen LogP contribution >= 0.6 is 31.9 Å². The average Bonchev–Trinajstić information content (AvgIpc) is 2.35. The lowest BCUT2D eigenvalue weighted by atomic mass is 10.1. The first-order valence-corrected chi connectivity index (χ1v) is 6.62. The van der Waals surface area contributed by atoms with Crippen LogP contribution in [0, 0.1) is 0 Å². The Morgan fingerprint density at radius 1 is 1.47 bits per heavy atom. The Balaban J connectivity index is 2.57. The third kappa shape index (κ3) is 4.55. The van der Waals surface area contributed by atoms with E-state index in [1.54, 1.807) is 18.3 Å². The molecule has 0 aliphatic carbocycles. The minimum atomic E-state index is -0.421. The molecule has 92 valence electrons. The Morgan fingerprint density at radius 2 is 2.18 bits per heavy atom. The van der Waals surface area contributed by atoms with E-state index in [0.29, 0.717) is 12.1 Å². The molecule has 0 aromatic carbocycles. The summed E-state index contributed by atoms with van der Waals surface area (Å²) < 4.78 is 5.32. The molecule has 0 saturated heterocycles. The number of ether oxygens (including phenoxy) is 1. The number of nitrogens with zero attached hydrogens (tertiary/aromatic N) is 1. The molecule has 1 aromatic heterocycles. The summed E-state index contributed by atoms with van der Waals surface area (Å²) in [5, 5.41) is 0. The van der Waals surface area contributed by atoms with Crippen LogP contribution in [-0.4, -0.2) is 28.7 Å². The molecule has 17 heavy (non-hydrogen) atoms. The smallest absolute Gasteiger partial charge is 0.305 e. The van der Waals surface area contributed by atoms with Crippen LogP contribution in [0.2, 0.25) is 0 Å². The number of carbonyl (C=O) groups is 2. The lowest BCUT2D eigenvalue weighted by molar-refractivity contribution is -0.140. The summed E-state index contributed by atoms with van der Waals surface area (Å²) in [4.78, 5) is 26.4. The molecule has 0 spiro atoms. The normalized spacial score (nSPS) is 11.9. The van der Waals surface area contributed by atoms with Gasteiger partial charge in [0.25, 0.3) is 0 Å². The highest BCUT2D eigenvalue weighted by atomic mass is 79.9. The van der Waals surface area contributed by atoms with E-state index >= 15 is 0 Å². The number of carbonyl (C=O) groups excluding carboxylic acids is 2. The van der Waals surface area contributed by atoms with Gasteiger partial charge in [0.15, 0.2) is 5.78 Å². The molecule has 1 atom stereocenters. The third-order valence-corrected chi connectivity index (χ3v) is 3.44. The molecular weight excluding hydrogens is 354 g/mol. The summed E-state index contributed by atoms with van der Waals surface area (Å²) in [6.07, 6.45) is 2.16. The monoisotopic (exact) mass is 363 g/mol. The highest BCUT2D eigenvalue weighted by Crippen LogP contribution is 2.16. The number of ketones is 1. The summed E-state index contributed by atoms with van der Waals surface area (Å²) in [5.74, 6) is -0.465. The number of hydrogen-bond donors (Lipinski definition) is 0. The Hall–Kier alpha value is -0.750. The maximum atomic E-state index is 11.9. The van der Waals surface area contributed by atoms with Gasteiger partial charge in [-0.1, -0.05) is 15.9 Å². The first-order chi connectivity index (χ1) is 8.04. The zero-order valence-corrected chi connectivity index (χ0v) is 12.3. The van der Waals surface area contributed by atoms with Gasteiger partial charge in [0, 0.05) is 17.1 Å². The largest absolute Gasteiger partial charge is 0.469 e. The number of methoxy groups -OCH3 is 1. The van der Waals surface area contributed by atoms with E-state index < -0.39 is 4.83 Å². The van der Waals surface area contributed by atoms with E-state index in [9.17, 15) is 9.59 Å². The van der Waals surface area contributed by atoms with Crippen LogP contribution < -0.4 is 0 Å². The van der Waals surface area contributed by atoms with Gasteiger partial charge in [0.1, 0.15) is 5.69 Å².